The van der Waals surface area contributed by atoms with Crippen LogP contribution in [0.1, 0.15) is 12.5 Å². The van der Waals surface area contributed by atoms with Crippen LogP contribution in [-0.2, 0) is 20.9 Å². The highest BCUT2D eigenvalue weighted by Gasteiger charge is 2.08. The van der Waals surface area contributed by atoms with Crippen molar-refractivity contribution in [2.24, 2.45) is 0 Å². The molecule has 0 bridgehead atoms. The zero-order valence-electron chi connectivity index (χ0n) is 11.6. The summed E-state index contributed by atoms with van der Waals surface area (Å²) < 4.78 is 10.4. The van der Waals surface area contributed by atoms with Gasteiger partial charge in [0, 0.05) is 12.8 Å². The lowest BCUT2D eigenvalue weighted by molar-refractivity contribution is -0.138. The highest BCUT2D eigenvalue weighted by atomic mass is 16.5. The largest absolute Gasteiger partial charge is 0.461 e. The summed E-state index contributed by atoms with van der Waals surface area (Å²) in [5, 5.41) is 9.91. The van der Waals surface area contributed by atoms with Crippen molar-refractivity contribution in [2.75, 3.05) is 19.8 Å². The first-order chi connectivity index (χ1) is 9.77. The van der Waals surface area contributed by atoms with Crippen molar-refractivity contribution in [3.05, 3.63) is 47.7 Å². The molecule has 0 aliphatic carbocycles. The molecular formula is C15H20N2O3. The van der Waals surface area contributed by atoms with Crippen molar-refractivity contribution in [3.63, 3.8) is 0 Å². The van der Waals surface area contributed by atoms with Gasteiger partial charge in [-0.05, 0) is 18.6 Å². The topological polar surface area (TPSA) is 71.4 Å². The van der Waals surface area contributed by atoms with Crippen molar-refractivity contribution in [1.82, 2.24) is 5.32 Å². The summed E-state index contributed by atoms with van der Waals surface area (Å²) in [7, 11) is 0. The van der Waals surface area contributed by atoms with Crippen LogP contribution in [0.2, 0.25) is 0 Å². The summed E-state index contributed by atoms with van der Waals surface area (Å²) in [5.41, 5.74) is 1.37. The monoisotopic (exact) mass is 276 g/mol. The van der Waals surface area contributed by atoms with Crippen LogP contribution < -0.4 is 5.32 Å². The van der Waals surface area contributed by atoms with Gasteiger partial charge < -0.3 is 20.2 Å². The molecule has 0 aliphatic rings. The van der Waals surface area contributed by atoms with E-state index in [4.69, 9.17) is 14.9 Å². The van der Waals surface area contributed by atoms with Crippen LogP contribution in [0.5, 0.6) is 0 Å². The second kappa shape index (κ2) is 9.75. The highest BCUT2D eigenvalue weighted by Crippen LogP contribution is 2.00. The van der Waals surface area contributed by atoms with E-state index < -0.39 is 5.97 Å². The SMILES string of the molecule is CCOC(=O)/C(=C/C=N)NCCOCc1ccccc1. The summed E-state index contributed by atoms with van der Waals surface area (Å²) in [6.07, 6.45) is 2.42. The van der Waals surface area contributed by atoms with Gasteiger partial charge in [-0.3, -0.25) is 0 Å². The van der Waals surface area contributed by atoms with Crippen LogP contribution in [0.4, 0.5) is 0 Å². The first-order valence-corrected chi connectivity index (χ1v) is 6.51. The Kier molecular flexibility index (Phi) is 7.76. The van der Waals surface area contributed by atoms with Gasteiger partial charge in [0.25, 0.3) is 0 Å². The van der Waals surface area contributed by atoms with Gasteiger partial charge in [0.2, 0.25) is 0 Å². The summed E-state index contributed by atoms with van der Waals surface area (Å²) in [6, 6.07) is 9.86. The predicted molar refractivity (Wildman–Crippen MR) is 77.6 cm³/mol. The smallest absolute Gasteiger partial charge is 0.354 e. The Morgan fingerprint density at radius 3 is 2.75 bits per heavy atom. The van der Waals surface area contributed by atoms with Gasteiger partial charge in [-0.25, -0.2) is 4.79 Å². The lowest BCUT2D eigenvalue weighted by Crippen LogP contribution is -2.26. The van der Waals surface area contributed by atoms with Gasteiger partial charge in [-0.1, -0.05) is 30.3 Å². The van der Waals surface area contributed by atoms with Crippen LogP contribution in [0, 0.1) is 5.41 Å². The Balaban J connectivity index is 2.26. The van der Waals surface area contributed by atoms with Crippen LogP contribution in [-0.4, -0.2) is 31.9 Å². The maximum absolute atomic E-state index is 11.5. The summed E-state index contributed by atoms with van der Waals surface area (Å²) in [6.45, 7) is 3.52. The van der Waals surface area contributed by atoms with Crippen molar-refractivity contribution >= 4 is 12.2 Å². The standard InChI is InChI=1S/C15H20N2O3/c1-2-20-15(18)14(8-9-16)17-10-11-19-12-13-6-4-3-5-7-13/h3-9,16-17H,2,10-12H2,1H3/b14-8-,16-9?. The molecule has 1 aromatic carbocycles. The van der Waals surface area contributed by atoms with Crippen LogP contribution in [0.3, 0.4) is 0 Å². The van der Waals surface area contributed by atoms with E-state index >= 15 is 0 Å². The van der Waals surface area contributed by atoms with E-state index in [-0.39, 0.29) is 5.70 Å². The van der Waals surface area contributed by atoms with E-state index in [9.17, 15) is 4.79 Å². The van der Waals surface area contributed by atoms with Gasteiger partial charge >= 0.3 is 5.97 Å². The lowest BCUT2D eigenvalue weighted by atomic mass is 10.2. The zero-order valence-corrected chi connectivity index (χ0v) is 11.6. The maximum atomic E-state index is 11.5. The summed E-state index contributed by atoms with van der Waals surface area (Å²) >= 11 is 0. The summed E-state index contributed by atoms with van der Waals surface area (Å²) in [4.78, 5) is 11.5. The third-order valence-corrected chi connectivity index (χ3v) is 2.42. The molecular weight excluding hydrogens is 256 g/mol. The second-order valence-corrected chi connectivity index (χ2v) is 3.93. The molecule has 5 nitrogen and oxygen atoms in total. The molecule has 0 fully saturated rings. The average molecular weight is 276 g/mol. The molecule has 0 saturated heterocycles. The molecule has 0 atom stereocenters. The molecule has 1 aromatic rings. The number of carbonyl (C=O) groups excluding carboxylic acids is 1. The molecule has 20 heavy (non-hydrogen) atoms. The fourth-order valence-corrected chi connectivity index (χ4v) is 1.51. The predicted octanol–water partition coefficient (Wildman–Crippen LogP) is 1.89. The minimum absolute atomic E-state index is 0.269. The number of allylic oxidation sites excluding steroid dienone is 1. The van der Waals surface area contributed by atoms with Crippen LogP contribution in [0.15, 0.2) is 42.1 Å². The Morgan fingerprint density at radius 2 is 2.10 bits per heavy atom. The molecule has 0 heterocycles. The van der Waals surface area contributed by atoms with Gasteiger partial charge in [-0.2, -0.15) is 0 Å². The quantitative estimate of drug-likeness (QED) is 0.313. The average Bonchev–Trinajstić information content (AvgIpc) is 2.47. The minimum Gasteiger partial charge on any atom is -0.461 e. The molecule has 0 unspecified atom stereocenters. The molecule has 5 heteroatoms. The van der Waals surface area contributed by atoms with Crippen molar-refractivity contribution in [2.45, 2.75) is 13.5 Å². The van der Waals surface area contributed by atoms with E-state index in [1.807, 2.05) is 30.3 Å². The van der Waals surface area contributed by atoms with Gasteiger partial charge in [0.15, 0.2) is 0 Å². The third kappa shape index (κ3) is 6.15. The van der Waals surface area contributed by atoms with Crippen LogP contribution in [0.25, 0.3) is 0 Å². The number of benzene rings is 1. The van der Waals surface area contributed by atoms with E-state index in [1.165, 1.54) is 6.08 Å². The Bertz CT molecular complexity index is 444. The summed E-state index contributed by atoms with van der Waals surface area (Å²) in [5.74, 6) is -0.459. The van der Waals surface area contributed by atoms with Gasteiger partial charge in [-0.15, -0.1) is 0 Å². The number of hydrogen-bond donors (Lipinski definition) is 2. The number of rotatable bonds is 9. The molecule has 0 amide bonds. The molecule has 108 valence electrons. The number of esters is 1. The van der Waals surface area contributed by atoms with E-state index in [0.29, 0.717) is 26.4 Å². The van der Waals surface area contributed by atoms with Crippen molar-refractivity contribution < 1.29 is 14.3 Å². The maximum Gasteiger partial charge on any atom is 0.354 e. The number of ether oxygens (including phenoxy) is 2. The lowest BCUT2D eigenvalue weighted by Gasteiger charge is -2.10. The molecule has 0 radical (unpaired) electrons. The first kappa shape index (κ1) is 15.9. The minimum atomic E-state index is -0.459. The van der Waals surface area contributed by atoms with Crippen molar-refractivity contribution in [1.29, 1.82) is 5.41 Å². The Morgan fingerprint density at radius 1 is 1.35 bits per heavy atom. The molecule has 1 rings (SSSR count). The van der Waals surface area contributed by atoms with E-state index in [0.717, 1.165) is 11.8 Å². The van der Waals surface area contributed by atoms with E-state index in [1.54, 1.807) is 6.92 Å². The second-order valence-electron chi connectivity index (χ2n) is 3.93. The molecule has 0 saturated carbocycles. The normalized spacial score (nSPS) is 10.9. The molecule has 0 aromatic heterocycles. The Labute approximate surface area is 119 Å². The number of hydrogen-bond acceptors (Lipinski definition) is 5. The van der Waals surface area contributed by atoms with Gasteiger partial charge in [0.1, 0.15) is 5.70 Å². The molecule has 0 aliphatic heterocycles. The molecule has 0 spiro atoms. The number of nitrogens with one attached hydrogen (secondary N) is 2. The van der Waals surface area contributed by atoms with Crippen molar-refractivity contribution in [3.8, 4) is 0 Å². The fraction of sp³-hybridized carbons (Fsp3) is 0.333. The van der Waals surface area contributed by atoms with E-state index in [2.05, 4.69) is 5.32 Å². The number of carbonyl (C=O) groups is 1. The molecule has 2 N–H and O–H groups in total. The van der Waals surface area contributed by atoms with Crippen LogP contribution >= 0.6 is 0 Å². The van der Waals surface area contributed by atoms with Gasteiger partial charge in [0.05, 0.1) is 19.8 Å². The highest BCUT2D eigenvalue weighted by molar-refractivity contribution is 5.92. The fourth-order valence-electron chi connectivity index (χ4n) is 1.51. The Hall–Kier alpha value is -2.14. The third-order valence-electron chi connectivity index (χ3n) is 2.42. The first-order valence-electron chi connectivity index (χ1n) is 6.51. The zero-order chi connectivity index (χ0) is 14.6.